The number of hydrogen-bond donors (Lipinski definition) is 0. The summed E-state index contributed by atoms with van der Waals surface area (Å²) in [6, 6.07) is 32.2. The van der Waals surface area contributed by atoms with Gasteiger partial charge in [0.2, 0.25) is 0 Å². The fourth-order valence-electron chi connectivity index (χ4n) is 3.82. The van der Waals surface area contributed by atoms with Gasteiger partial charge < -0.3 is 4.57 Å². The second-order valence-electron chi connectivity index (χ2n) is 6.55. The molecule has 1 aromatic heterocycles. The van der Waals surface area contributed by atoms with Crippen LogP contribution in [0.4, 0.5) is 0 Å². The van der Waals surface area contributed by atoms with Crippen LogP contribution in [0.2, 0.25) is 0 Å². The lowest BCUT2D eigenvalue weighted by Crippen LogP contribution is -1.92. The molecule has 0 fully saturated rings. The molecule has 0 aliphatic rings. The van der Waals surface area contributed by atoms with Crippen LogP contribution >= 0.6 is 31.9 Å². The Morgan fingerprint density at radius 3 is 2.04 bits per heavy atom. The van der Waals surface area contributed by atoms with Gasteiger partial charge in [-0.25, -0.2) is 0 Å². The van der Waals surface area contributed by atoms with Gasteiger partial charge in [-0.3, -0.25) is 0 Å². The van der Waals surface area contributed by atoms with E-state index < -0.39 is 0 Å². The lowest BCUT2D eigenvalue weighted by atomic mass is 9.99. The summed E-state index contributed by atoms with van der Waals surface area (Å²) < 4.78 is 4.48. The van der Waals surface area contributed by atoms with Gasteiger partial charge in [-0.1, -0.05) is 80.4 Å². The van der Waals surface area contributed by atoms with Gasteiger partial charge in [0.15, 0.2) is 0 Å². The Balaban J connectivity index is 1.94. The predicted molar refractivity (Wildman–Crippen MR) is 122 cm³/mol. The molecule has 0 saturated heterocycles. The van der Waals surface area contributed by atoms with E-state index in [1.807, 2.05) is 0 Å². The summed E-state index contributed by atoms with van der Waals surface area (Å²) in [4.78, 5) is 0. The monoisotopic (exact) mass is 475 g/mol. The van der Waals surface area contributed by atoms with E-state index in [1.54, 1.807) is 0 Å². The van der Waals surface area contributed by atoms with Crippen molar-refractivity contribution in [3.63, 3.8) is 0 Å². The molecular formula is C24H15Br2N. The number of benzene rings is 4. The first-order valence-corrected chi connectivity index (χ1v) is 10.3. The van der Waals surface area contributed by atoms with Crippen molar-refractivity contribution in [3.05, 3.63) is 99.9 Å². The fraction of sp³-hybridized carbons (Fsp3) is 0. The number of fused-ring (bicyclic) bond motifs is 3. The summed E-state index contributed by atoms with van der Waals surface area (Å²) in [5.74, 6) is 0. The van der Waals surface area contributed by atoms with E-state index in [-0.39, 0.29) is 0 Å². The largest absolute Gasteiger partial charge is 0.309 e. The minimum atomic E-state index is 1.07. The summed E-state index contributed by atoms with van der Waals surface area (Å²) in [6.45, 7) is 0. The van der Waals surface area contributed by atoms with E-state index in [2.05, 4.69) is 127 Å². The van der Waals surface area contributed by atoms with E-state index in [9.17, 15) is 0 Å². The van der Waals surface area contributed by atoms with Gasteiger partial charge in [-0.2, -0.15) is 0 Å². The van der Waals surface area contributed by atoms with Crippen LogP contribution in [0.3, 0.4) is 0 Å². The fourth-order valence-corrected chi connectivity index (χ4v) is 5.12. The number of halogens is 2. The zero-order valence-corrected chi connectivity index (χ0v) is 17.5. The molecule has 0 spiro atoms. The molecule has 0 bridgehead atoms. The van der Waals surface area contributed by atoms with Crippen LogP contribution in [0.15, 0.2) is 99.9 Å². The molecule has 0 saturated carbocycles. The standard InChI is InChI=1S/C24H15Br2N/c25-17-13-16(14-18(26)15-17)20-10-6-12-23-24(20)21-9-4-5-11-22(21)27(23)19-7-2-1-3-8-19/h1-15H. The maximum atomic E-state index is 3.63. The van der Waals surface area contributed by atoms with Crippen molar-refractivity contribution in [1.29, 1.82) is 0 Å². The number of aromatic nitrogens is 1. The molecule has 27 heavy (non-hydrogen) atoms. The van der Waals surface area contributed by atoms with Crippen LogP contribution in [0.25, 0.3) is 38.6 Å². The first-order chi connectivity index (χ1) is 13.2. The van der Waals surface area contributed by atoms with Crippen LogP contribution < -0.4 is 0 Å². The second-order valence-corrected chi connectivity index (χ2v) is 8.38. The van der Waals surface area contributed by atoms with E-state index in [0.29, 0.717) is 0 Å². The summed E-state index contributed by atoms with van der Waals surface area (Å²) in [7, 11) is 0. The van der Waals surface area contributed by atoms with Crippen LogP contribution in [0, 0.1) is 0 Å². The van der Waals surface area contributed by atoms with Crippen LogP contribution in [-0.4, -0.2) is 4.57 Å². The summed E-state index contributed by atoms with van der Waals surface area (Å²) in [6.07, 6.45) is 0. The molecular weight excluding hydrogens is 462 g/mol. The van der Waals surface area contributed by atoms with Gasteiger partial charge in [0.25, 0.3) is 0 Å². The van der Waals surface area contributed by atoms with E-state index >= 15 is 0 Å². The quantitative estimate of drug-likeness (QED) is 0.243. The van der Waals surface area contributed by atoms with Crippen molar-refractivity contribution < 1.29 is 0 Å². The Morgan fingerprint density at radius 2 is 1.26 bits per heavy atom. The van der Waals surface area contributed by atoms with Crippen molar-refractivity contribution in [1.82, 2.24) is 4.57 Å². The summed E-state index contributed by atoms with van der Waals surface area (Å²) in [5.41, 5.74) is 6.05. The topological polar surface area (TPSA) is 4.93 Å². The first kappa shape index (κ1) is 16.8. The number of nitrogens with zero attached hydrogens (tertiary/aromatic N) is 1. The highest BCUT2D eigenvalue weighted by molar-refractivity contribution is 9.11. The third kappa shape index (κ3) is 2.82. The van der Waals surface area contributed by atoms with Gasteiger partial charge in [-0.05, 0) is 53.6 Å². The molecule has 1 heterocycles. The highest BCUT2D eigenvalue weighted by Gasteiger charge is 2.15. The molecule has 0 amide bonds. The van der Waals surface area contributed by atoms with Gasteiger partial charge in [0, 0.05) is 25.4 Å². The minimum Gasteiger partial charge on any atom is -0.309 e. The SMILES string of the molecule is Brc1cc(Br)cc(-c2cccc3c2c2ccccc2n3-c2ccccc2)c1. The Hall–Kier alpha value is -2.36. The maximum Gasteiger partial charge on any atom is 0.0547 e. The van der Waals surface area contributed by atoms with Crippen molar-refractivity contribution >= 4 is 53.7 Å². The highest BCUT2D eigenvalue weighted by atomic mass is 79.9. The number of hydrogen-bond acceptors (Lipinski definition) is 0. The van der Waals surface area contributed by atoms with E-state index in [0.717, 1.165) is 8.95 Å². The highest BCUT2D eigenvalue weighted by Crippen LogP contribution is 2.39. The van der Waals surface area contributed by atoms with Crippen LogP contribution in [0.1, 0.15) is 0 Å². The molecule has 0 radical (unpaired) electrons. The van der Waals surface area contributed by atoms with Gasteiger partial charge in [0.1, 0.15) is 0 Å². The molecule has 1 nitrogen and oxygen atoms in total. The number of para-hydroxylation sites is 2. The average molecular weight is 477 g/mol. The zero-order valence-electron chi connectivity index (χ0n) is 14.4. The Kier molecular flexibility index (Phi) is 4.14. The molecule has 0 aliphatic carbocycles. The Morgan fingerprint density at radius 1 is 0.593 bits per heavy atom. The van der Waals surface area contributed by atoms with Gasteiger partial charge in [0.05, 0.1) is 11.0 Å². The average Bonchev–Trinajstić information content (AvgIpc) is 3.02. The maximum absolute atomic E-state index is 3.63. The van der Waals surface area contributed by atoms with Gasteiger partial charge in [-0.15, -0.1) is 0 Å². The smallest absolute Gasteiger partial charge is 0.0547 e. The van der Waals surface area contributed by atoms with E-state index in [1.165, 1.54) is 38.6 Å². The molecule has 0 unspecified atom stereocenters. The second kappa shape index (κ2) is 6.66. The molecule has 0 atom stereocenters. The summed E-state index contributed by atoms with van der Waals surface area (Å²) in [5, 5.41) is 2.55. The van der Waals surface area contributed by atoms with Crippen LogP contribution in [-0.2, 0) is 0 Å². The lowest BCUT2D eigenvalue weighted by Gasteiger charge is -2.09. The lowest BCUT2D eigenvalue weighted by molar-refractivity contribution is 1.18. The molecule has 130 valence electrons. The predicted octanol–water partition coefficient (Wildman–Crippen LogP) is 7.98. The third-order valence-corrected chi connectivity index (χ3v) is 5.80. The van der Waals surface area contributed by atoms with Crippen LogP contribution in [0.5, 0.6) is 0 Å². The molecule has 0 N–H and O–H groups in total. The molecule has 3 heteroatoms. The Labute approximate surface area is 174 Å². The van der Waals surface area contributed by atoms with Crippen molar-refractivity contribution in [2.45, 2.75) is 0 Å². The molecule has 5 aromatic rings. The van der Waals surface area contributed by atoms with E-state index in [4.69, 9.17) is 0 Å². The minimum absolute atomic E-state index is 1.07. The normalized spacial score (nSPS) is 11.3. The van der Waals surface area contributed by atoms with Crippen molar-refractivity contribution in [3.8, 4) is 16.8 Å². The first-order valence-electron chi connectivity index (χ1n) is 8.76. The number of rotatable bonds is 2. The molecule has 5 rings (SSSR count). The van der Waals surface area contributed by atoms with Crippen molar-refractivity contribution in [2.75, 3.05) is 0 Å². The zero-order chi connectivity index (χ0) is 18.4. The third-order valence-electron chi connectivity index (χ3n) is 4.89. The molecule has 0 aliphatic heterocycles. The van der Waals surface area contributed by atoms with Crippen molar-refractivity contribution in [2.24, 2.45) is 0 Å². The summed E-state index contributed by atoms with van der Waals surface area (Å²) >= 11 is 7.26. The Bertz CT molecular complexity index is 1270. The van der Waals surface area contributed by atoms with Gasteiger partial charge >= 0.3 is 0 Å². The molecule has 4 aromatic carbocycles.